The fraction of sp³-hybridized carbons (Fsp3) is 1.00. The van der Waals surface area contributed by atoms with E-state index in [1.165, 1.54) is 6.92 Å². The Labute approximate surface area is 141 Å². The first-order chi connectivity index (χ1) is 6.88. The summed E-state index contributed by atoms with van der Waals surface area (Å²) in [6.45, 7) is 3.37. The van der Waals surface area contributed by atoms with Crippen LogP contribution < -0.4 is 51.4 Å². The van der Waals surface area contributed by atoms with E-state index in [4.69, 9.17) is 0 Å². The second kappa shape index (κ2) is 10.4. The molecule has 0 aliphatic carbocycles. The van der Waals surface area contributed by atoms with Gasteiger partial charge in [0.25, 0.3) is 0 Å². The second-order valence-electron chi connectivity index (χ2n) is 4.00. The summed E-state index contributed by atoms with van der Waals surface area (Å²) in [4.78, 5) is 0. The van der Waals surface area contributed by atoms with Crippen LogP contribution in [-0.2, 0) is 10.1 Å². The third-order valence-electron chi connectivity index (χ3n) is 2.61. The van der Waals surface area contributed by atoms with Crippen molar-refractivity contribution in [1.82, 2.24) is 0 Å². The molecule has 0 aromatic rings. The Kier molecular flexibility index (Phi) is 12.9. The summed E-state index contributed by atoms with van der Waals surface area (Å²) in [6, 6.07) is 0. The van der Waals surface area contributed by atoms with Crippen LogP contribution >= 0.6 is 0 Å². The Morgan fingerprint density at radius 1 is 1.19 bits per heavy atom. The van der Waals surface area contributed by atoms with E-state index < -0.39 is 15.4 Å². The molecule has 0 spiro atoms. The van der Waals surface area contributed by atoms with Crippen molar-refractivity contribution >= 4 is 10.1 Å². The van der Waals surface area contributed by atoms with Crippen molar-refractivity contribution in [3.05, 3.63) is 0 Å². The van der Waals surface area contributed by atoms with Crippen LogP contribution in [0.2, 0.25) is 0 Å². The third-order valence-corrected chi connectivity index (χ3v) is 3.83. The van der Waals surface area contributed by atoms with Crippen molar-refractivity contribution in [2.75, 3.05) is 0 Å². The molecule has 6 heteroatoms. The van der Waals surface area contributed by atoms with Crippen molar-refractivity contribution in [1.29, 1.82) is 0 Å². The van der Waals surface area contributed by atoms with Crippen molar-refractivity contribution in [3.8, 4) is 0 Å². The summed E-state index contributed by atoms with van der Waals surface area (Å²) < 4.78 is 31.7. The zero-order valence-electron chi connectivity index (χ0n) is 10.5. The molecule has 2 unspecified atom stereocenters. The molecule has 0 heterocycles. The standard InChI is InChI=1S/C10H22O4S.K/c1-3-10(11)8-6-4-5-7-9(2)15(12,13)14;/h9-11H,3-8H2,1-2H3,(H,12,13,14);/q;+1/p-1. The van der Waals surface area contributed by atoms with E-state index >= 15 is 0 Å². The van der Waals surface area contributed by atoms with E-state index in [1.807, 2.05) is 6.92 Å². The number of hydrogen-bond acceptors (Lipinski definition) is 4. The Hall–Kier alpha value is 1.51. The molecule has 0 aliphatic rings. The molecule has 0 saturated carbocycles. The van der Waals surface area contributed by atoms with Gasteiger partial charge >= 0.3 is 51.4 Å². The largest absolute Gasteiger partial charge is 1.00 e. The van der Waals surface area contributed by atoms with E-state index in [2.05, 4.69) is 0 Å². The maximum Gasteiger partial charge on any atom is 1.00 e. The van der Waals surface area contributed by atoms with Gasteiger partial charge in [0.2, 0.25) is 0 Å². The summed E-state index contributed by atoms with van der Waals surface area (Å²) in [7, 11) is -4.11. The smallest absolute Gasteiger partial charge is 0.748 e. The molecular weight excluding hydrogens is 255 g/mol. The summed E-state index contributed by atoms with van der Waals surface area (Å²) in [5, 5.41) is 8.47. The third kappa shape index (κ3) is 10.6. The molecule has 92 valence electrons. The first kappa shape index (κ1) is 19.8. The minimum Gasteiger partial charge on any atom is -0.748 e. The van der Waals surface area contributed by atoms with Gasteiger partial charge in [-0.25, -0.2) is 8.42 Å². The molecule has 4 nitrogen and oxygen atoms in total. The van der Waals surface area contributed by atoms with Crippen LogP contribution in [0, 0.1) is 0 Å². The average Bonchev–Trinajstić information content (AvgIpc) is 2.15. The fourth-order valence-electron chi connectivity index (χ4n) is 1.34. The van der Waals surface area contributed by atoms with Gasteiger partial charge in [0, 0.05) is 5.25 Å². The topological polar surface area (TPSA) is 77.4 Å². The number of aliphatic hydroxyl groups is 1. The van der Waals surface area contributed by atoms with Crippen LogP contribution in [-0.4, -0.2) is 29.4 Å². The minimum atomic E-state index is -4.11. The molecule has 0 radical (unpaired) electrons. The molecule has 0 amide bonds. The van der Waals surface area contributed by atoms with Crippen molar-refractivity contribution in [2.45, 2.75) is 63.7 Å². The number of aliphatic hydroxyl groups excluding tert-OH is 1. The monoisotopic (exact) mass is 276 g/mol. The summed E-state index contributed by atoms with van der Waals surface area (Å²) in [5.74, 6) is 0. The molecule has 0 rings (SSSR count). The molecule has 0 bridgehead atoms. The molecule has 0 aliphatic heterocycles. The van der Waals surface area contributed by atoms with Gasteiger partial charge in [-0.05, 0) is 26.2 Å². The molecule has 0 aromatic heterocycles. The van der Waals surface area contributed by atoms with Gasteiger partial charge in [0.05, 0.1) is 16.2 Å². The van der Waals surface area contributed by atoms with Crippen LogP contribution in [0.3, 0.4) is 0 Å². The first-order valence-corrected chi connectivity index (χ1v) is 6.97. The minimum absolute atomic E-state index is 0. The SMILES string of the molecule is CCC(O)CCCCCC(C)S(=O)(=O)[O-].[K+]. The molecule has 0 fully saturated rings. The van der Waals surface area contributed by atoms with Crippen molar-refractivity contribution < 1.29 is 69.5 Å². The maximum atomic E-state index is 10.6. The zero-order valence-corrected chi connectivity index (χ0v) is 14.4. The quantitative estimate of drug-likeness (QED) is 0.338. The molecule has 1 N–H and O–H groups in total. The van der Waals surface area contributed by atoms with Crippen molar-refractivity contribution in [2.24, 2.45) is 0 Å². The van der Waals surface area contributed by atoms with Crippen LogP contribution in [0.1, 0.15) is 52.4 Å². The van der Waals surface area contributed by atoms with E-state index in [0.29, 0.717) is 6.42 Å². The van der Waals surface area contributed by atoms with Gasteiger partial charge in [-0.3, -0.25) is 0 Å². The van der Waals surface area contributed by atoms with E-state index in [1.54, 1.807) is 0 Å². The summed E-state index contributed by atoms with van der Waals surface area (Å²) in [6.07, 6.45) is 4.19. The number of rotatable bonds is 8. The molecule has 0 saturated heterocycles. The molecule has 2 atom stereocenters. The predicted molar refractivity (Wildman–Crippen MR) is 58.5 cm³/mol. The zero-order chi connectivity index (χ0) is 11.9. The van der Waals surface area contributed by atoms with Crippen molar-refractivity contribution in [3.63, 3.8) is 0 Å². The summed E-state index contributed by atoms with van der Waals surface area (Å²) >= 11 is 0. The van der Waals surface area contributed by atoms with Gasteiger partial charge < -0.3 is 9.66 Å². The Morgan fingerprint density at radius 3 is 2.12 bits per heavy atom. The van der Waals surface area contributed by atoms with Gasteiger partial charge in [-0.15, -0.1) is 0 Å². The molecule has 16 heavy (non-hydrogen) atoms. The van der Waals surface area contributed by atoms with Gasteiger partial charge in [0.15, 0.2) is 0 Å². The first-order valence-electron chi connectivity index (χ1n) is 5.50. The van der Waals surface area contributed by atoms with Gasteiger partial charge in [-0.2, -0.15) is 0 Å². The Balaban J connectivity index is 0. The Morgan fingerprint density at radius 2 is 1.69 bits per heavy atom. The maximum absolute atomic E-state index is 10.6. The predicted octanol–water partition coefficient (Wildman–Crippen LogP) is -1.35. The van der Waals surface area contributed by atoms with Crippen LogP contribution in [0.4, 0.5) is 0 Å². The van der Waals surface area contributed by atoms with Gasteiger partial charge in [0.1, 0.15) is 0 Å². The normalized spacial score (nSPS) is 15.2. The van der Waals surface area contributed by atoms with Gasteiger partial charge in [-0.1, -0.05) is 26.2 Å². The van der Waals surface area contributed by atoms with Crippen LogP contribution in [0.25, 0.3) is 0 Å². The van der Waals surface area contributed by atoms with E-state index in [9.17, 15) is 18.1 Å². The molecular formula is C10H21KO4S. The molecule has 0 aromatic carbocycles. The van der Waals surface area contributed by atoms with Crippen LogP contribution in [0.15, 0.2) is 0 Å². The van der Waals surface area contributed by atoms with Crippen LogP contribution in [0.5, 0.6) is 0 Å². The Bertz CT molecular complexity index is 254. The van der Waals surface area contributed by atoms with E-state index in [0.717, 1.165) is 32.1 Å². The number of hydrogen-bond donors (Lipinski definition) is 1. The fourth-order valence-corrected chi connectivity index (χ4v) is 1.79. The second-order valence-corrected chi connectivity index (χ2v) is 5.79. The average molecular weight is 276 g/mol. The number of unbranched alkanes of at least 4 members (excludes halogenated alkanes) is 2. The van der Waals surface area contributed by atoms with E-state index in [-0.39, 0.29) is 57.5 Å². The summed E-state index contributed by atoms with van der Waals surface area (Å²) in [5.41, 5.74) is 0.